The second-order valence-corrected chi connectivity index (χ2v) is 8.80. The lowest BCUT2D eigenvalue weighted by molar-refractivity contribution is 0.101. The molecule has 1 aliphatic carbocycles. The van der Waals surface area contributed by atoms with Crippen molar-refractivity contribution in [1.29, 1.82) is 0 Å². The van der Waals surface area contributed by atoms with Gasteiger partial charge in [0.1, 0.15) is 5.75 Å². The highest BCUT2D eigenvalue weighted by Gasteiger charge is 2.17. The Morgan fingerprint density at radius 1 is 1.04 bits per heavy atom. The van der Waals surface area contributed by atoms with Gasteiger partial charge < -0.3 is 4.74 Å². The number of rotatable bonds is 9. The highest BCUT2D eigenvalue weighted by atomic mass is 32.2. The Balaban J connectivity index is 1.84. The maximum atomic E-state index is 11.9. The monoisotopic (exact) mass is 384 g/mol. The number of hydrogen-bond donors (Lipinski definition) is 0. The molecule has 2 nitrogen and oxygen atoms in total. The standard InChI is InChI=1S/C24H32O2S/c1-3-4-5-9-16-27-24-15-14-23(26-20-10-7-6-8-11-20)21-13-12-19(18(2)25)17-22(21)24/h12-15,17,20H,3-11,16H2,1-2H3. The number of thioether (sulfide) groups is 1. The summed E-state index contributed by atoms with van der Waals surface area (Å²) in [6, 6.07) is 10.4. The van der Waals surface area contributed by atoms with Crippen LogP contribution < -0.4 is 4.74 Å². The van der Waals surface area contributed by atoms with Gasteiger partial charge in [-0.15, -0.1) is 11.8 Å². The number of ether oxygens (including phenoxy) is 1. The lowest BCUT2D eigenvalue weighted by Crippen LogP contribution is -2.19. The molecule has 0 atom stereocenters. The third-order valence-corrected chi connectivity index (χ3v) is 6.60. The topological polar surface area (TPSA) is 26.3 Å². The summed E-state index contributed by atoms with van der Waals surface area (Å²) in [7, 11) is 0. The van der Waals surface area contributed by atoms with Gasteiger partial charge in [0.05, 0.1) is 6.10 Å². The van der Waals surface area contributed by atoms with E-state index in [9.17, 15) is 4.79 Å². The van der Waals surface area contributed by atoms with Gasteiger partial charge in [-0.2, -0.15) is 0 Å². The van der Waals surface area contributed by atoms with Crippen LogP contribution in [-0.2, 0) is 0 Å². The minimum atomic E-state index is 0.120. The summed E-state index contributed by atoms with van der Waals surface area (Å²) in [4.78, 5) is 13.2. The summed E-state index contributed by atoms with van der Waals surface area (Å²) >= 11 is 1.91. The zero-order chi connectivity index (χ0) is 19.1. The molecule has 0 N–H and O–H groups in total. The van der Waals surface area contributed by atoms with E-state index >= 15 is 0 Å². The Hall–Kier alpha value is -1.48. The van der Waals surface area contributed by atoms with E-state index in [1.165, 1.54) is 49.8 Å². The van der Waals surface area contributed by atoms with Crippen LogP contribution in [0.1, 0.15) is 82.0 Å². The maximum absolute atomic E-state index is 11.9. The first-order valence-corrected chi connectivity index (χ1v) is 11.5. The van der Waals surface area contributed by atoms with E-state index in [4.69, 9.17) is 4.74 Å². The molecule has 0 heterocycles. The van der Waals surface area contributed by atoms with Crippen molar-refractivity contribution in [3.63, 3.8) is 0 Å². The third-order valence-electron chi connectivity index (χ3n) is 5.44. The van der Waals surface area contributed by atoms with Gasteiger partial charge in [-0.3, -0.25) is 4.79 Å². The van der Waals surface area contributed by atoms with E-state index in [1.807, 2.05) is 17.8 Å². The molecule has 0 aromatic heterocycles. The normalized spacial score (nSPS) is 15.2. The Kier molecular flexibility index (Phi) is 7.63. The second-order valence-electron chi connectivity index (χ2n) is 7.67. The predicted octanol–water partition coefficient (Wildman–Crippen LogP) is 7.43. The molecule has 0 aliphatic heterocycles. The molecular weight excluding hydrogens is 352 g/mol. The first-order chi connectivity index (χ1) is 13.2. The van der Waals surface area contributed by atoms with Gasteiger partial charge in [-0.25, -0.2) is 0 Å². The molecule has 1 fully saturated rings. The molecule has 0 bridgehead atoms. The van der Waals surface area contributed by atoms with E-state index in [2.05, 4.69) is 31.2 Å². The summed E-state index contributed by atoms with van der Waals surface area (Å²) in [6.45, 7) is 3.89. The number of carbonyl (C=O) groups excluding carboxylic acids is 1. The largest absolute Gasteiger partial charge is 0.490 e. The SMILES string of the molecule is CCCCCCSc1ccc(OC2CCCCC2)c2ccc(C(C)=O)cc12. The molecule has 3 heteroatoms. The molecule has 146 valence electrons. The second kappa shape index (κ2) is 10.2. The predicted molar refractivity (Wildman–Crippen MR) is 116 cm³/mol. The molecule has 1 saturated carbocycles. The van der Waals surface area contributed by atoms with Gasteiger partial charge >= 0.3 is 0 Å². The van der Waals surface area contributed by atoms with E-state index in [0.717, 1.165) is 40.7 Å². The van der Waals surface area contributed by atoms with Gasteiger partial charge in [0.15, 0.2) is 5.78 Å². The van der Waals surface area contributed by atoms with Crippen molar-refractivity contribution in [3.8, 4) is 5.75 Å². The van der Waals surface area contributed by atoms with Gasteiger partial charge in [-0.05, 0) is 74.4 Å². The average Bonchev–Trinajstić information content (AvgIpc) is 2.69. The zero-order valence-corrected chi connectivity index (χ0v) is 17.6. The highest BCUT2D eigenvalue weighted by molar-refractivity contribution is 7.99. The molecule has 27 heavy (non-hydrogen) atoms. The third kappa shape index (κ3) is 5.51. The smallest absolute Gasteiger partial charge is 0.159 e. The molecule has 2 aromatic rings. The maximum Gasteiger partial charge on any atom is 0.159 e. The molecule has 0 saturated heterocycles. The molecule has 1 aliphatic rings. The molecule has 0 amide bonds. The van der Waals surface area contributed by atoms with Crippen molar-refractivity contribution in [3.05, 3.63) is 35.9 Å². The number of carbonyl (C=O) groups is 1. The minimum absolute atomic E-state index is 0.120. The summed E-state index contributed by atoms with van der Waals surface area (Å²) in [5.41, 5.74) is 0.783. The van der Waals surface area contributed by atoms with Crippen molar-refractivity contribution in [2.75, 3.05) is 5.75 Å². The summed E-state index contributed by atoms with van der Waals surface area (Å²) in [6.07, 6.45) is 11.6. The van der Waals surface area contributed by atoms with Crippen LogP contribution in [0.25, 0.3) is 10.8 Å². The van der Waals surface area contributed by atoms with Gasteiger partial charge in [0.25, 0.3) is 0 Å². The van der Waals surface area contributed by atoms with Crippen LogP contribution in [0.5, 0.6) is 5.75 Å². The number of benzene rings is 2. The van der Waals surface area contributed by atoms with Gasteiger partial charge in [-0.1, -0.05) is 38.7 Å². The molecule has 3 rings (SSSR count). The fraction of sp³-hybridized carbons (Fsp3) is 0.542. The fourth-order valence-electron chi connectivity index (χ4n) is 3.82. The van der Waals surface area contributed by atoms with Crippen molar-refractivity contribution in [2.45, 2.75) is 82.6 Å². The van der Waals surface area contributed by atoms with E-state index < -0.39 is 0 Å². The Bertz CT molecular complexity index is 762. The molecule has 0 spiro atoms. The van der Waals surface area contributed by atoms with Crippen LogP contribution in [0.4, 0.5) is 0 Å². The van der Waals surface area contributed by atoms with Crippen LogP contribution in [0.2, 0.25) is 0 Å². The highest BCUT2D eigenvalue weighted by Crippen LogP contribution is 2.37. The first-order valence-electron chi connectivity index (χ1n) is 10.6. The van der Waals surface area contributed by atoms with Crippen LogP contribution >= 0.6 is 11.8 Å². The van der Waals surface area contributed by atoms with Gasteiger partial charge in [0, 0.05) is 15.8 Å². The average molecular weight is 385 g/mol. The number of Topliss-reactive ketones (excluding diaryl/α,β-unsaturated/α-hetero) is 1. The van der Waals surface area contributed by atoms with Crippen LogP contribution in [0.3, 0.4) is 0 Å². The summed E-state index contributed by atoms with van der Waals surface area (Å²) in [5.74, 6) is 2.22. The van der Waals surface area contributed by atoms with Crippen molar-refractivity contribution < 1.29 is 9.53 Å². The molecular formula is C24H32O2S. The fourth-order valence-corrected chi connectivity index (χ4v) is 4.87. The van der Waals surface area contributed by atoms with Gasteiger partial charge in [0.2, 0.25) is 0 Å². The molecule has 0 unspecified atom stereocenters. The zero-order valence-electron chi connectivity index (χ0n) is 16.8. The molecule has 2 aromatic carbocycles. The lowest BCUT2D eigenvalue weighted by atomic mass is 9.97. The lowest BCUT2D eigenvalue weighted by Gasteiger charge is -2.24. The Labute approximate surface area is 168 Å². The number of hydrogen-bond acceptors (Lipinski definition) is 3. The van der Waals surface area contributed by atoms with Crippen LogP contribution in [-0.4, -0.2) is 17.6 Å². The quantitative estimate of drug-likeness (QED) is 0.255. The van der Waals surface area contributed by atoms with Crippen molar-refractivity contribution >= 4 is 28.3 Å². The summed E-state index contributed by atoms with van der Waals surface area (Å²) < 4.78 is 6.39. The summed E-state index contributed by atoms with van der Waals surface area (Å²) in [5, 5.41) is 2.31. The van der Waals surface area contributed by atoms with E-state index in [-0.39, 0.29) is 5.78 Å². The number of ketones is 1. The Morgan fingerprint density at radius 3 is 2.59 bits per heavy atom. The van der Waals surface area contributed by atoms with E-state index in [1.54, 1.807) is 6.92 Å². The van der Waals surface area contributed by atoms with Crippen molar-refractivity contribution in [2.24, 2.45) is 0 Å². The minimum Gasteiger partial charge on any atom is -0.490 e. The van der Waals surface area contributed by atoms with Crippen LogP contribution in [0, 0.1) is 0 Å². The first kappa shape index (κ1) is 20.3. The van der Waals surface area contributed by atoms with Crippen LogP contribution in [0.15, 0.2) is 35.2 Å². The number of fused-ring (bicyclic) bond motifs is 1. The van der Waals surface area contributed by atoms with Crippen molar-refractivity contribution in [1.82, 2.24) is 0 Å². The molecule has 0 radical (unpaired) electrons. The van der Waals surface area contributed by atoms with E-state index in [0.29, 0.717) is 6.10 Å². The Morgan fingerprint density at radius 2 is 1.85 bits per heavy atom. The number of unbranched alkanes of at least 4 members (excludes halogenated alkanes) is 3.